The first-order valence-electron chi connectivity index (χ1n) is 9.52. The zero-order chi connectivity index (χ0) is 20.0. The zero-order valence-corrected chi connectivity index (χ0v) is 15.8. The lowest BCUT2D eigenvalue weighted by molar-refractivity contribution is 0.375. The smallest absolute Gasteiger partial charge is 0.250 e. The third-order valence-corrected chi connectivity index (χ3v) is 5.13. The van der Waals surface area contributed by atoms with Crippen LogP contribution in [0.4, 0.5) is 14.7 Å². The van der Waals surface area contributed by atoms with E-state index in [1.165, 1.54) is 6.20 Å². The van der Waals surface area contributed by atoms with Gasteiger partial charge in [-0.3, -0.25) is 0 Å². The summed E-state index contributed by atoms with van der Waals surface area (Å²) in [5, 5.41) is 7.70. The third-order valence-electron chi connectivity index (χ3n) is 5.13. The summed E-state index contributed by atoms with van der Waals surface area (Å²) in [4.78, 5) is 16.6. The maximum Gasteiger partial charge on any atom is 0.250 e. The predicted molar refractivity (Wildman–Crippen MR) is 102 cm³/mol. The second kappa shape index (κ2) is 7.11. The number of alkyl halides is 1. The van der Waals surface area contributed by atoms with Crippen LogP contribution in [0.1, 0.15) is 30.9 Å². The van der Waals surface area contributed by atoms with E-state index in [9.17, 15) is 8.78 Å². The fraction of sp³-hybridized carbons (Fsp3) is 0.421. The second-order valence-corrected chi connectivity index (χ2v) is 7.19. The van der Waals surface area contributed by atoms with Gasteiger partial charge in [-0.2, -0.15) is 5.10 Å². The summed E-state index contributed by atoms with van der Waals surface area (Å²) in [5.41, 5.74) is 2.05. The van der Waals surface area contributed by atoms with Crippen LogP contribution in [0.15, 0.2) is 23.5 Å². The number of nitrogens with zero attached hydrogens (tertiary/aromatic N) is 6. The molecule has 1 N–H and O–H groups in total. The zero-order valence-electron chi connectivity index (χ0n) is 15.8. The average Bonchev–Trinajstić information content (AvgIpc) is 3.50. The van der Waals surface area contributed by atoms with Gasteiger partial charge in [0.15, 0.2) is 11.5 Å². The Hall–Kier alpha value is -3.01. The number of nitrogens with one attached hydrogen (secondary N) is 1. The minimum atomic E-state index is -1.15. The number of halogens is 2. The van der Waals surface area contributed by atoms with Gasteiger partial charge in [0.05, 0.1) is 25.2 Å². The van der Waals surface area contributed by atoms with Gasteiger partial charge in [-0.25, -0.2) is 33.2 Å². The van der Waals surface area contributed by atoms with Crippen LogP contribution in [0.2, 0.25) is 0 Å². The Morgan fingerprint density at radius 3 is 2.86 bits per heavy atom. The molecule has 10 heteroatoms. The van der Waals surface area contributed by atoms with Crippen molar-refractivity contribution in [2.24, 2.45) is 4.99 Å². The molecule has 3 aromatic rings. The average molecular weight is 399 g/mol. The number of fused-ring (bicyclic) bond motifs is 1. The Kier molecular flexibility index (Phi) is 4.42. The summed E-state index contributed by atoms with van der Waals surface area (Å²) in [5.74, 6) is 0.391. The fourth-order valence-electron chi connectivity index (χ4n) is 3.43. The number of aliphatic imine (C=N–C) groups is 1. The maximum absolute atomic E-state index is 14.6. The Balaban J connectivity index is 1.59. The second-order valence-electron chi connectivity index (χ2n) is 7.19. The monoisotopic (exact) mass is 399 g/mol. The molecule has 1 saturated heterocycles. The van der Waals surface area contributed by atoms with Gasteiger partial charge in [0, 0.05) is 18.5 Å². The highest BCUT2D eigenvalue weighted by Gasteiger charge is 2.30. The molecule has 3 aromatic heterocycles. The number of aromatic nitrogens is 5. The molecule has 5 rings (SSSR count). The van der Waals surface area contributed by atoms with Crippen molar-refractivity contribution in [3.05, 3.63) is 30.0 Å². The van der Waals surface area contributed by atoms with E-state index < -0.39 is 12.0 Å². The van der Waals surface area contributed by atoms with E-state index in [4.69, 9.17) is 4.74 Å². The summed E-state index contributed by atoms with van der Waals surface area (Å²) in [6, 6.07) is 1.78. The molecular weight excluding hydrogens is 380 g/mol. The highest BCUT2D eigenvalue weighted by molar-refractivity contribution is 5.92. The van der Waals surface area contributed by atoms with Crippen LogP contribution in [-0.2, 0) is 0 Å². The van der Waals surface area contributed by atoms with Crippen LogP contribution in [0.5, 0.6) is 5.75 Å². The molecule has 0 amide bonds. The lowest BCUT2D eigenvalue weighted by Crippen LogP contribution is -2.38. The number of rotatable bonds is 4. The fourth-order valence-corrected chi connectivity index (χ4v) is 3.43. The van der Waals surface area contributed by atoms with E-state index in [1.807, 2.05) is 0 Å². The summed E-state index contributed by atoms with van der Waals surface area (Å²) < 4.78 is 35.6. The van der Waals surface area contributed by atoms with Crippen molar-refractivity contribution in [1.82, 2.24) is 29.9 Å². The van der Waals surface area contributed by atoms with Crippen molar-refractivity contribution >= 4 is 17.3 Å². The van der Waals surface area contributed by atoms with E-state index in [2.05, 4.69) is 30.4 Å². The molecule has 0 bridgehead atoms. The standard InChI is InChI=1S/C19H19F2N7O/c1-29-15-6-16-23-9-14(28(16)27-17(15)10-2-3-10)18-12(21)7-24-19(26-18)25-13-8-22-5-4-11(13)20/h6-7,9-11,22H,2-5,8H2,1H3/b25-13-/t11-/m0/s1. The quantitative estimate of drug-likeness (QED) is 0.725. The molecule has 4 heterocycles. The van der Waals surface area contributed by atoms with Gasteiger partial charge in [-0.05, 0) is 25.8 Å². The van der Waals surface area contributed by atoms with E-state index in [0.29, 0.717) is 48.2 Å². The van der Waals surface area contributed by atoms with Crippen LogP contribution < -0.4 is 10.1 Å². The molecule has 2 fully saturated rings. The molecular formula is C19H19F2N7O. The maximum atomic E-state index is 14.6. The molecule has 0 unspecified atom stereocenters. The van der Waals surface area contributed by atoms with Crippen molar-refractivity contribution < 1.29 is 13.5 Å². The SMILES string of the molecule is COc1cc2ncc(-c3nc(/N=C4/CNCC[C@@H]4F)ncc3F)n2nc1C1CC1. The third kappa shape index (κ3) is 3.33. The summed E-state index contributed by atoms with van der Waals surface area (Å²) in [6.07, 6.45) is 3.81. The minimum Gasteiger partial charge on any atom is -0.495 e. The van der Waals surface area contributed by atoms with Crippen LogP contribution in [0.25, 0.3) is 17.0 Å². The summed E-state index contributed by atoms with van der Waals surface area (Å²) in [7, 11) is 1.59. The van der Waals surface area contributed by atoms with E-state index in [0.717, 1.165) is 24.7 Å². The van der Waals surface area contributed by atoms with Crippen LogP contribution in [-0.4, -0.2) is 56.6 Å². The first kappa shape index (κ1) is 18.0. The van der Waals surface area contributed by atoms with Crippen LogP contribution in [0.3, 0.4) is 0 Å². The normalized spacial score (nSPS) is 21.1. The first-order chi connectivity index (χ1) is 14.1. The topological polar surface area (TPSA) is 89.6 Å². The summed E-state index contributed by atoms with van der Waals surface area (Å²) >= 11 is 0. The molecule has 29 heavy (non-hydrogen) atoms. The molecule has 1 aliphatic carbocycles. The number of methoxy groups -OCH3 is 1. The molecule has 1 atom stereocenters. The molecule has 0 aromatic carbocycles. The Morgan fingerprint density at radius 2 is 2.10 bits per heavy atom. The van der Waals surface area contributed by atoms with E-state index in [1.54, 1.807) is 17.7 Å². The Bertz CT molecular complexity index is 1110. The molecule has 2 aliphatic rings. The van der Waals surface area contributed by atoms with Crippen molar-refractivity contribution in [2.75, 3.05) is 20.2 Å². The highest BCUT2D eigenvalue weighted by Crippen LogP contribution is 2.43. The minimum absolute atomic E-state index is 0.00799. The predicted octanol–water partition coefficient (Wildman–Crippen LogP) is 2.62. The molecule has 0 radical (unpaired) electrons. The van der Waals surface area contributed by atoms with Gasteiger partial charge in [0.25, 0.3) is 0 Å². The van der Waals surface area contributed by atoms with Gasteiger partial charge in [-0.15, -0.1) is 0 Å². The summed E-state index contributed by atoms with van der Waals surface area (Å²) in [6.45, 7) is 0.912. The van der Waals surface area contributed by atoms with Crippen LogP contribution >= 0.6 is 0 Å². The molecule has 1 aliphatic heterocycles. The lowest BCUT2D eigenvalue weighted by Gasteiger charge is -2.18. The molecule has 8 nitrogen and oxygen atoms in total. The van der Waals surface area contributed by atoms with Gasteiger partial charge in [0.2, 0.25) is 5.95 Å². The van der Waals surface area contributed by atoms with Gasteiger partial charge < -0.3 is 10.1 Å². The van der Waals surface area contributed by atoms with Gasteiger partial charge in [0.1, 0.15) is 29.0 Å². The number of imidazole rings is 1. The lowest BCUT2D eigenvalue weighted by atomic mass is 10.1. The van der Waals surface area contributed by atoms with E-state index in [-0.39, 0.29) is 11.6 Å². The van der Waals surface area contributed by atoms with Crippen molar-refractivity contribution in [2.45, 2.75) is 31.4 Å². The first-order valence-corrected chi connectivity index (χ1v) is 9.52. The van der Waals surface area contributed by atoms with Gasteiger partial charge >= 0.3 is 0 Å². The van der Waals surface area contributed by atoms with Crippen LogP contribution in [0, 0.1) is 5.82 Å². The number of ether oxygens (including phenoxy) is 1. The number of hydrogen-bond donors (Lipinski definition) is 1. The molecule has 150 valence electrons. The van der Waals surface area contributed by atoms with Crippen molar-refractivity contribution in [3.63, 3.8) is 0 Å². The Labute approximate surface area is 165 Å². The Morgan fingerprint density at radius 1 is 1.24 bits per heavy atom. The number of hydrogen-bond acceptors (Lipinski definition) is 7. The van der Waals surface area contributed by atoms with Crippen molar-refractivity contribution in [1.29, 1.82) is 0 Å². The van der Waals surface area contributed by atoms with E-state index >= 15 is 0 Å². The molecule has 1 saturated carbocycles. The van der Waals surface area contributed by atoms with Gasteiger partial charge in [-0.1, -0.05) is 0 Å². The molecule has 0 spiro atoms. The highest BCUT2D eigenvalue weighted by atomic mass is 19.1. The number of piperidine rings is 1. The largest absolute Gasteiger partial charge is 0.495 e. The van der Waals surface area contributed by atoms with Crippen molar-refractivity contribution in [3.8, 4) is 17.1 Å².